The molecule has 10 rings (SSSR count). The van der Waals surface area contributed by atoms with Gasteiger partial charge in [-0.1, -0.05) is 126 Å². The lowest BCUT2D eigenvalue weighted by Crippen LogP contribution is -2.42. The van der Waals surface area contributed by atoms with Crippen LogP contribution in [0.4, 0.5) is 0 Å². The molecule has 6 nitrogen and oxygen atoms in total. The molecule has 3 aromatic heterocycles. The maximum Gasteiger partial charge on any atom is 0.238 e. The first-order valence-electron chi connectivity index (χ1n) is 18.9. The third kappa shape index (κ3) is 4.56. The highest BCUT2D eigenvalue weighted by atomic mass is 15.2. The van der Waals surface area contributed by atoms with Crippen LogP contribution in [0.15, 0.2) is 133 Å². The van der Waals surface area contributed by atoms with Crippen LogP contribution in [0.5, 0.6) is 0 Å². The Morgan fingerprint density at radius 3 is 1.75 bits per heavy atom. The smallest absolute Gasteiger partial charge is 0.238 e. The third-order valence-corrected chi connectivity index (χ3v) is 13.3. The average molecular weight is 713 g/mol. The Morgan fingerprint density at radius 1 is 0.473 bits per heavy atom. The van der Waals surface area contributed by atoms with Crippen LogP contribution in [0.25, 0.3) is 78.0 Å². The predicted molar refractivity (Wildman–Crippen MR) is 224 cm³/mol. The van der Waals surface area contributed by atoms with Crippen molar-refractivity contribution in [1.82, 2.24) is 24.1 Å². The molecule has 6 aromatic carbocycles. The van der Waals surface area contributed by atoms with Crippen molar-refractivity contribution in [3.05, 3.63) is 150 Å². The van der Waals surface area contributed by atoms with E-state index in [0.29, 0.717) is 23.2 Å². The van der Waals surface area contributed by atoms with Gasteiger partial charge in [-0.05, 0) is 75.9 Å². The molecule has 6 heteroatoms. The second kappa shape index (κ2) is 11.5. The van der Waals surface area contributed by atoms with Crippen LogP contribution in [0, 0.1) is 16.7 Å². The molecular weight excluding hydrogens is 673 g/mol. The quantitative estimate of drug-likeness (QED) is 0.182. The van der Waals surface area contributed by atoms with E-state index in [-0.39, 0.29) is 16.2 Å². The summed E-state index contributed by atoms with van der Waals surface area (Å²) in [5.74, 6) is 1.59. The van der Waals surface area contributed by atoms with Gasteiger partial charge in [-0.25, -0.2) is 4.98 Å². The van der Waals surface area contributed by atoms with Crippen molar-refractivity contribution in [2.75, 3.05) is 0 Å². The Hall–Kier alpha value is -6.58. The Labute approximate surface area is 320 Å². The van der Waals surface area contributed by atoms with Crippen molar-refractivity contribution >= 4 is 43.6 Å². The summed E-state index contributed by atoms with van der Waals surface area (Å²) in [5.41, 5.74) is 10.5. The fraction of sp³-hybridized carbons (Fsp3) is 0.184. The highest BCUT2D eigenvalue weighted by molar-refractivity contribution is 6.19. The summed E-state index contributed by atoms with van der Waals surface area (Å²) in [6.07, 6.45) is 0. The van der Waals surface area contributed by atoms with Gasteiger partial charge >= 0.3 is 0 Å². The molecule has 9 aromatic rings. The number of fused-ring (bicyclic) bond motifs is 7. The van der Waals surface area contributed by atoms with Gasteiger partial charge in [0.15, 0.2) is 11.6 Å². The molecule has 0 unspecified atom stereocenters. The van der Waals surface area contributed by atoms with Crippen LogP contribution in [0.2, 0.25) is 0 Å². The molecule has 0 atom stereocenters. The van der Waals surface area contributed by atoms with Gasteiger partial charge in [0.2, 0.25) is 5.95 Å². The minimum absolute atomic E-state index is 0.0240. The van der Waals surface area contributed by atoms with Crippen LogP contribution < -0.4 is 0 Å². The van der Waals surface area contributed by atoms with E-state index < -0.39 is 0 Å². The van der Waals surface area contributed by atoms with Crippen LogP contribution >= 0.6 is 0 Å². The molecule has 3 heterocycles. The lowest BCUT2D eigenvalue weighted by atomic mass is 9.59. The summed E-state index contributed by atoms with van der Waals surface area (Å²) in [6.45, 7) is 14.4. The van der Waals surface area contributed by atoms with Gasteiger partial charge in [-0.3, -0.25) is 4.57 Å². The van der Waals surface area contributed by atoms with Gasteiger partial charge in [0.05, 0.1) is 33.7 Å². The Morgan fingerprint density at radius 2 is 1.05 bits per heavy atom. The zero-order valence-corrected chi connectivity index (χ0v) is 31.9. The molecule has 0 amide bonds. The zero-order valence-electron chi connectivity index (χ0n) is 31.9. The molecule has 0 aliphatic heterocycles. The number of para-hydroxylation sites is 2. The van der Waals surface area contributed by atoms with Gasteiger partial charge in [-0.15, -0.1) is 0 Å². The summed E-state index contributed by atoms with van der Waals surface area (Å²) in [7, 11) is 0. The van der Waals surface area contributed by atoms with Gasteiger partial charge in [-0.2, -0.15) is 15.2 Å². The minimum Gasteiger partial charge on any atom is -0.309 e. The standard InChI is InChI=1S/C49H40N6/c1-47(2)38-24-23-33(26-39(38)48(3,4)49(47,5)6)54-40-21-12-10-19-34(40)36-27-37-35-20-11-13-22-41(35)55(43(37)28-42(36)54)46-52-44(31-16-8-7-9-17-31)51-45(53-46)32-18-14-15-30(25-32)29-50/h7-28H,1-6H3. The molecule has 0 spiro atoms. The number of hydrogen-bond acceptors (Lipinski definition) is 4. The van der Waals surface area contributed by atoms with Crippen molar-refractivity contribution in [3.63, 3.8) is 0 Å². The van der Waals surface area contributed by atoms with E-state index in [1.165, 1.54) is 27.4 Å². The summed E-state index contributed by atoms with van der Waals surface area (Å²) in [4.78, 5) is 15.3. The minimum atomic E-state index is -0.0279. The molecule has 0 fully saturated rings. The fourth-order valence-electron chi connectivity index (χ4n) is 9.15. The van der Waals surface area contributed by atoms with Gasteiger partial charge in [0.25, 0.3) is 0 Å². The molecule has 1 aliphatic rings. The first-order valence-corrected chi connectivity index (χ1v) is 18.9. The number of benzene rings is 6. The topological polar surface area (TPSA) is 72.3 Å². The highest BCUT2D eigenvalue weighted by Gasteiger charge is 2.56. The highest BCUT2D eigenvalue weighted by Crippen LogP contribution is 2.61. The fourth-order valence-corrected chi connectivity index (χ4v) is 9.15. The van der Waals surface area contributed by atoms with E-state index in [9.17, 15) is 5.26 Å². The van der Waals surface area contributed by atoms with Crippen molar-refractivity contribution < 1.29 is 0 Å². The lowest BCUT2D eigenvalue weighted by molar-refractivity contribution is 0.125. The molecule has 0 N–H and O–H groups in total. The largest absolute Gasteiger partial charge is 0.309 e. The monoisotopic (exact) mass is 712 g/mol. The van der Waals surface area contributed by atoms with Gasteiger partial charge in [0, 0.05) is 38.4 Å². The Kier molecular flexibility index (Phi) is 6.88. The van der Waals surface area contributed by atoms with Crippen LogP contribution in [-0.4, -0.2) is 24.1 Å². The second-order valence-corrected chi connectivity index (χ2v) is 16.5. The van der Waals surface area contributed by atoms with E-state index in [1.807, 2.05) is 48.5 Å². The average Bonchev–Trinajstić information content (AvgIpc) is 3.74. The van der Waals surface area contributed by atoms with Crippen LogP contribution in [-0.2, 0) is 10.8 Å². The SMILES string of the molecule is CC1(C)c2ccc(-n3c4ccccc4c4cc5c6ccccc6n(-c6nc(-c7ccccc7)nc(-c7cccc(C#N)c7)n6)c5cc43)cc2C(C)(C)C1(C)C. The number of nitriles is 1. The van der Waals surface area contributed by atoms with Crippen molar-refractivity contribution in [1.29, 1.82) is 5.26 Å². The molecule has 1 aliphatic carbocycles. The van der Waals surface area contributed by atoms with E-state index in [0.717, 1.165) is 44.1 Å². The molecular formula is C49H40N6. The van der Waals surface area contributed by atoms with E-state index in [2.05, 4.69) is 136 Å². The van der Waals surface area contributed by atoms with Crippen molar-refractivity contribution in [2.45, 2.75) is 52.4 Å². The molecule has 0 saturated heterocycles. The summed E-state index contributed by atoms with van der Waals surface area (Å²) in [6, 6.07) is 48.7. The molecule has 0 radical (unpaired) electrons. The lowest BCUT2D eigenvalue weighted by Gasteiger charge is -2.44. The predicted octanol–water partition coefficient (Wildman–Crippen LogP) is 11.9. The molecule has 0 bridgehead atoms. The molecule has 266 valence electrons. The van der Waals surface area contributed by atoms with Gasteiger partial charge < -0.3 is 4.57 Å². The maximum absolute atomic E-state index is 9.73. The van der Waals surface area contributed by atoms with Crippen molar-refractivity contribution in [3.8, 4) is 40.5 Å². The normalized spacial score (nSPS) is 15.5. The van der Waals surface area contributed by atoms with Crippen LogP contribution in [0.3, 0.4) is 0 Å². The number of hydrogen-bond donors (Lipinski definition) is 0. The number of rotatable bonds is 4. The van der Waals surface area contributed by atoms with Crippen molar-refractivity contribution in [2.24, 2.45) is 5.41 Å². The van der Waals surface area contributed by atoms with Crippen LogP contribution in [0.1, 0.15) is 58.2 Å². The summed E-state index contributed by atoms with van der Waals surface area (Å²) in [5, 5.41) is 14.4. The maximum atomic E-state index is 9.73. The van der Waals surface area contributed by atoms with E-state index in [1.54, 1.807) is 6.07 Å². The molecule has 55 heavy (non-hydrogen) atoms. The first-order chi connectivity index (χ1) is 26.5. The number of aromatic nitrogens is 5. The third-order valence-electron chi connectivity index (χ3n) is 13.3. The summed E-state index contributed by atoms with van der Waals surface area (Å²) >= 11 is 0. The molecule has 0 saturated carbocycles. The second-order valence-electron chi connectivity index (χ2n) is 16.5. The van der Waals surface area contributed by atoms with E-state index >= 15 is 0 Å². The Bertz CT molecular complexity index is 3080. The van der Waals surface area contributed by atoms with Gasteiger partial charge in [0.1, 0.15) is 0 Å². The summed E-state index contributed by atoms with van der Waals surface area (Å²) < 4.78 is 4.61. The first kappa shape index (κ1) is 33.0. The zero-order chi connectivity index (χ0) is 37.9. The number of nitrogens with zero attached hydrogens (tertiary/aromatic N) is 6. The van der Waals surface area contributed by atoms with E-state index in [4.69, 9.17) is 15.0 Å². The Balaban J connectivity index is 1.29.